The van der Waals surface area contributed by atoms with Crippen LogP contribution in [-0.2, 0) is 0 Å². The lowest BCUT2D eigenvalue weighted by Crippen LogP contribution is -2.51. The van der Waals surface area contributed by atoms with E-state index in [1.165, 1.54) is 44.0 Å². The maximum Gasteiger partial charge on any atom is 0.109 e. The van der Waals surface area contributed by atoms with Crippen molar-refractivity contribution in [3.05, 3.63) is 83.9 Å². The van der Waals surface area contributed by atoms with Crippen LogP contribution in [0, 0.1) is 0 Å². The highest BCUT2D eigenvalue weighted by molar-refractivity contribution is 5.87. The molecule has 162 valence electrons. The van der Waals surface area contributed by atoms with E-state index in [1.807, 2.05) is 0 Å². The molecular formula is C26H28N6. The second-order valence-corrected chi connectivity index (χ2v) is 8.59. The Morgan fingerprint density at radius 3 is 1.59 bits per heavy atom. The topological polar surface area (TPSA) is 92.0 Å². The molecule has 2 saturated heterocycles. The molecule has 0 aliphatic carbocycles. The van der Waals surface area contributed by atoms with Gasteiger partial charge in [0.2, 0.25) is 0 Å². The summed E-state index contributed by atoms with van der Waals surface area (Å²) in [5.74, 6) is 0. The fraction of sp³-hybridized carbons (Fsp3) is 0.231. The molecule has 0 amide bonds. The van der Waals surface area contributed by atoms with Crippen molar-refractivity contribution in [2.24, 2.45) is 0 Å². The summed E-state index contributed by atoms with van der Waals surface area (Å²) in [6, 6.07) is 26.5. The summed E-state index contributed by atoms with van der Waals surface area (Å²) >= 11 is 0. The van der Waals surface area contributed by atoms with Gasteiger partial charge >= 0.3 is 0 Å². The molecule has 4 aromatic rings. The number of hydrogen-bond acceptors (Lipinski definition) is 6. The zero-order valence-electron chi connectivity index (χ0n) is 17.9. The zero-order chi connectivity index (χ0) is 21.3. The zero-order valence-corrected chi connectivity index (χ0v) is 17.9. The van der Waals surface area contributed by atoms with Gasteiger partial charge in [-0.25, -0.2) is 10.9 Å². The number of rotatable bonds is 8. The van der Waals surface area contributed by atoms with Crippen molar-refractivity contribution in [3.8, 4) is 0 Å². The van der Waals surface area contributed by atoms with Crippen molar-refractivity contribution < 1.29 is 0 Å². The molecule has 0 atom stereocenters. The van der Waals surface area contributed by atoms with Gasteiger partial charge in [-0.2, -0.15) is 0 Å². The molecule has 6 rings (SSSR count). The van der Waals surface area contributed by atoms with Crippen LogP contribution < -0.4 is 32.1 Å². The highest BCUT2D eigenvalue weighted by Crippen LogP contribution is 2.26. The molecule has 0 saturated carbocycles. The first-order chi connectivity index (χ1) is 15.8. The minimum Gasteiger partial charge on any atom is -0.385 e. The van der Waals surface area contributed by atoms with Gasteiger partial charge in [0.05, 0.1) is 6.17 Å². The maximum atomic E-state index is 3.56. The van der Waals surface area contributed by atoms with E-state index in [9.17, 15) is 0 Å². The number of fused-ring (bicyclic) bond motifs is 2. The quantitative estimate of drug-likeness (QED) is 0.188. The van der Waals surface area contributed by atoms with Gasteiger partial charge in [0.1, 0.15) is 6.17 Å². The first kappa shape index (κ1) is 19.5. The predicted molar refractivity (Wildman–Crippen MR) is 132 cm³/mol. The van der Waals surface area contributed by atoms with Gasteiger partial charge in [-0.15, -0.1) is 0 Å². The van der Waals surface area contributed by atoms with Crippen molar-refractivity contribution in [2.45, 2.75) is 18.8 Å². The van der Waals surface area contributed by atoms with E-state index in [2.05, 4.69) is 105 Å². The van der Waals surface area contributed by atoms with E-state index in [0.29, 0.717) is 12.3 Å². The highest BCUT2D eigenvalue weighted by Gasteiger charge is 2.21. The van der Waals surface area contributed by atoms with Crippen molar-refractivity contribution >= 4 is 32.9 Å². The first-order valence-corrected chi connectivity index (χ1v) is 11.3. The molecule has 2 aliphatic rings. The van der Waals surface area contributed by atoms with Crippen LogP contribution in [0.1, 0.15) is 29.9 Å². The Morgan fingerprint density at radius 1 is 0.594 bits per heavy atom. The molecule has 32 heavy (non-hydrogen) atoms. The van der Waals surface area contributed by atoms with Crippen LogP contribution in [0.4, 0.5) is 11.4 Å². The van der Waals surface area contributed by atoms with Gasteiger partial charge in [0.25, 0.3) is 0 Å². The van der Waals surface area contributed by atoms with Gasteiger partial charge in [0, 0.05) is 31.1 Å². The Bertz CT molecular complexity index is 1260. The Morgan fingerprint density at radius 2 is 1.09 bits per heavy atom. The van der Waals surface area contributed by atoms with Crippen LogP contribution in [0.25, 0.3) is 21.5 Å². The second kappa shape index (κ2) is 8.41. The number of anilines is 2. The fourth-order valence-electron chi connectivity index (χ4n) is 4.31. The Hall–Kier alpha value is -3.16. The molecule has 0 bridgehead atoms. The second-order valence-electron chi connectivity index (χ2n) is 8.59. The summed E-state index contributed by atoms with van der Waals surface area (Å²) in [6.07, 6.45) is 1.65. The lowest BCUT2D eigenvalue weighted by molar-refractivity contribution is 0.308. The first-order valence-electron chi connectivity index (χ1n) is 11.3. The number of hydrogen-bond donors (Lipinski definition) is 6. The molecule has 2 heterocycles. The molecule has 6 heteroatoms. The molecule has 0 aromatic heterocycles. The minimum absolute atomic E-state index is 0.294. The van der Waals surface area contributed by atoms with Crippen molar-refractivity contribution in [1.29, 1.82) is 0 Å². The van der Waals surface area contributed by atoms with Crippen LogP contribution in [0.2, 0.25) is 0 Å². The number of benzene rings is 4. The van der Waals surface area contributed by atoms with Crippen LogP contribution in [0.3, 0.4) is 0 Å². The molecule has 0 unspecified atom stereocenters. The summed E-state index contributed by atoms with van der Waals surface area (Å²) in [5.41, 5.74) is 11.2. The van der Waals surface area contributed by atoms with E-state index in [0.717, 1.165) is 26.2 Å². The standard InChI is InChI=1S/C26H28N6/c1(11-28-24-9-7-18-13-22(26-31-32-26)5-3-20(18)15-24)10-27-23-8-6-17-12-21(25-29-16-30-25)4-2-19(17)14-23/h2-9,12-15,25-32H,1,10-11,16H2. The van der Waals surface area contributed by atoms with Gasteiger partial charge in [-0.05, 0) is 75.5 Å². The van der Waals surface area contributed by atoms with Crippen molar-refractivity contribution in [1.82, 2.24) is 21.5 Å². The van der Waals surface area contributed by atoms with E-state index < -0.39 is 0 Å². The molecule has 6 nitrogen and oxygen atoms in total. The van der Waals surface area contributed by atoms with E-state index in [4.69, 9.17) is 0 Å². The largest absolute Gasteiger partial charge is 0.385 e. The summed E-state index contributed by atoms with van der Waals surface area (Å²) in [4.78, 5) is 0. The average Bonchev–Trinajstić information content (AvgIpc) is 3.63. The smallest absolute Gasteiger partial charge is 0.109 e. The molecule has 2 fully saturated rings. The molecule has 0 spiro atoms. The van der Waals surface area contributed by atoms with E-state index >= 15 is 0 Å². The normalized spacial score (nSPS) is 16.2. The van der Waals surface area contributed by atoms with Gasteiger partial charge in [0.15, 0.2) is 0 Å². The average molecular weight is 425 g/mol. The highest BCUT2D eigenvalue weighted by atomic mass is 15.6. The number of hydrazine groups is 1. The Balaban J connectivity index is 1.01. The Kier molecular flexibility index (Phi) is 5.13. The summed E-state index contributed by atoms with van der Waals surface area (Å²) < 4.78 is 0. The monoisotopic (exact) mass is 424 g/mol. The molecular weight excluding hydrogens is 396 g/mol. The van der Waals surface area contributed by atoms with E-state index in [1.54, 1.807) is 0 Å². The van der Waals surface area contributed by atoms with Crippen molar-refractivity contribution in [3.63, 3.8) is 0 Å². The lowest BCUT2D eigenvalue weighted by Gasteiger charge is -2.30. The SMILES string of the molecule is c1cc2cc(C3NCN3)ccc2cc1NCCCNc1ccc2cc(C3NN3)ccc2c1. The molecule has 0 radical (unpaired) electrons. The third-order valence-corrected chi connectivity index (χ3v) is 6.31. The minimum atomic E-state index is 0.294. The van der Waals surface area contributed by atoms with E-state index in [-0.39, 0.29) is 0 Å². The van der Waals surface area contributed by atoms with Gasteiger partial charge in [-0.1, -0.05) is 36.4 Å². The lowest BCUT2D eigenvalue weighted by atomic mass is 10.0. The van der Waals surface area contributed by atoms with Crippen LogP contribution >= 0.6 is 0 Å². The molecule has 2 aliphatic heterocycles. The predicted octanol–water partition coefficient (Wildman–Crippen LogP) is 4.16. The van der Waals surface area contributed by atoms with Gasteiger partial charge in [-0.3, -0.25) is 10.6 Å². The maximum absolute atomic E-state index is 3.56. The Labute approximate surface area is 187 Å². The van der Waals surface area contributed by atoms with Crippen molar-refractivity contribution in [2.75, 3.05) is 30.4 Å². The number of nitrogens with one attached hydrogen (secondary N) is 6. The fourth-order valence-corrected chi connectivity index (χ4v) is 4.31. The summed E-state index contributed by atoms with van der Waals surface area (Å²) in [5, 5.41) is 18.9. The van der Waals surface area contributed by atoms with Crippen LogP contribution in [-0.4, -0.2) is 19.8 Å². The molecule has 4 aromatic carbocycles. The van der Waals surface area contributed by atoms with Crippen LogP contribution in [0.5, 0.6) is 0 Å². The third kappa shape index (κ3) is 4.13. The van der Waals surface area contributed by atoms with Crippen LogP contribution in [0.15, 0.2) is 72.8 Å². The molecule has 6 N–H and O–H groups in total. The summed E-state index contributed by atoms with van der Waals surface area (Å²) in [6.45, 7) is 2.76. The van der Waals surface area contributed by atoms with Gasteiger partial charge < -0.3 is 10.6 Å². The summed E-state index contributed by atoms with van der Waals surface area (Å²) in [7, 11) is 0. The third-order valence-electron chi connectivity index (χ3n) is 6.31.